The Morgan fingerprint density at radius 3 is 2.59 bits per heavy atom. The number of oxazole rings is 1. The number of amides is 2. The molecule has 0 saturated carbocycles. The van der Waals surface area contributed by atoms with Crippen molar-refractivity contribution in [2.75, 3.05) is 18.4 Å². The van der Waals surface area contributed by atoms with Crippen molar-refractivity contribution < 1.29 is 13.6 Å². The number of fused-ring (bicyclic) bond motifs is 1. The Labute approximate surface area is 226 Å². The maximum Gasteiger partial charge on any atom is 0.321 e. The molecule has 1 saturated heterocycles. The van der Waals surface area contributed by atoms with E-state index in [9.17, 15) is 9.18 Å². The van der Waals surface area contributed by atoms with Crippen LogP contribution in [0.25, 0.3) is 28.5 Å². The van der Waals surface area contributed by atoms with Crippen molar-refractivity contribution in [1.82, 2.24) is 29.6 Å². The molecule has 4 aromatic rings. The molecule has 2 amide bonds. The number of aromatic nitrogens is 4. The topological polar surface area (TPSA) is 101 Å². The van der Waals surface area contributed by atoms with Crippen molar-refractivity contribution >= 4 is 17.8 Å². The summed E-state index contributed by atoms with van der Waals surface area (Å²) in [7, 11) is 0. The summed E-state index contributed by atoms with van der Waals surface area (Å²) in [5, 5.41) is 6.47. The molecule has 0 radical (unpaired) electrons. The quantitative estimate of drug-likeness (QED) is 0.283. The first kappa shape index (κ1) is 26.1. The summed E-state index contributed by atoms with van der Waals surface area (Å²) in [6.07, 6.45) is 7.41. The molecule has 202 valence electrons. The summed E-state index contributed by atoms with van der Waals surface area (Å²) in [6, 6.07) is 8.00. The molecule has 5 rings (SSSR count). The molecule has 0 spiro atoms. The van der Waals surface area contributed by atoms with Gasteiger partial charge in [-0.05, 0) is 74.6 Å². The number of halogens is 1. The number of hydrogen-bond donors (Lipinski definition) is 2. The minimum absolute atomic E-state index is 0.101. The molecule has 0 bridgehead atoms. The van der Waals surface area contributed by atoms with E-state index in [-0.39, 0.29) is 17.9 Å². The van der Waals surface area contributed by atoms with Gasteiger partial charge in [-0.2, -0.15) is 4.98 Å². The molecular formula is C29H32FN7O2. The van der Waals surface area contributed by atoms with Crippen LogP contribution >= 0.6 is 0 Å². The van der Waals surface area contributed by atoms with Crippen LogP contribution in [0.3, 0.4) is 0 Å². The van der Waals surface area contributed by atoms with Crippen LogP contribution < -0.4 is 10.6 Å². The van der Waals surface area contributed by atoms with Gasteiger partial charge >= 0.3 is 11.9 Å². The Morgan fingerprint density at radius 1 is 1.15 bits per heavy atom. The predicted molar refractivity (Wildman–Crippen MR) is 148 cm³/mol. The number of anilines is 1. The van der Waals surface area contributed by atoms with E-state index in [0.717, 1.165) is 47.4 Å². The zero-order valence-corrected chi connectivity index (χ0v) is 22.4. The molecule has 2 N–H and O–H groups in total. The first-order valence-electron chi connectivity index (χ1n) is 13.1. The Morgan fingerprint density at radius 2 is 1.90 bits per heavy atom. The summed E-state index contributed by atoms with van der Waals surface area (Å²) < 4.78 is 20.9. The Balaban J connectivity index is 1.29. The molecule has 1 aliphatic rings. The number of benzene rings is 1. The van der Waals surface area contributed by atoms with E-state index in [4.69, 9.17) is 9.40 Å². The lowest BCUT2D eigenvalue weighted by molar-refractivity contribution is 0.186. The van der Waals surface area contributed by atoms with Gasteiger partial charge in [0.25, 0.3) is 0 Å². The van der Waals surface area contributed by atoms with E-state index in [1.807, 2.05) is 29.2 Å². The van der Waals surface area contributed by atoms with Crippen LogP contribution in [0.4, 0.5) is 15.1 Å². The molecule has 0 aliphatic carbocycles. The monoisotopic (exact) mass is 529 g/mol. The highest BCUT2D eigenvalue weighted by atomic mass is 19.1. The number of imidazole rings is 1. The highest BCUT2D eigenvalue weighted by Gasteiger charge is 2.25. The van der Waals surface area contributed by atoms with Gasteiger partial charge in [0.15, 0.2) is 0 Å². The molecule has 10 heteroatoms. The second-order valence-corrected chi connectivity index (χ2v) is 9.76. The Hall–Kier alpha value is -4.47. The van der Waals surface area contributed by atoms with Gasteiger partial charge in [-0.15, -0.1) is 0 Å². The van der Waals surface area contributed by atoms with Crippen LogP contribution in [0.1, 0.15) is 40.0 Å². The predicted octanol–water partition coefficient (Wildman–Crippen LogP) is 6.04. The van der Waals surface area contributed by atoms with Crippen molar-refractivity contribution in [3.8, 4) is 22.6 Å². The second kappa shape index (κ2) is 11.1. The summed E-state index contributed by atoms with van der Waals surface area (Å²) >= 11 is 0. The van der Waals surface area contributed by atoms with E-state index in [2.05, 4.69) is 34.1 Å². The largest absolute Gasteiger partial charge is 0.432 e. The summed E-state index contributed by atoms with van der Waals surface area (Å²) in [6.45, 7) is 11.2. The van der Waals surface area contributed by atoms with E-state index in [1.165, 1.54) is 12.1 Å². The number of urea groups is 1. The van der Waals surface area contributed by atoms with Crippen LogP contribution in [0, 0.1) is 5.82 Å². The zero-order chi connectivity index (χ0) is 27.5. The van der Waals surface area contributed by atoms with Crippen molar-refractivity contribution in [2.45, 2.75) is 46.1 Å². The van der Waals surface area contributed by atoms with Crippen molar-refractivity contribution in [3.05, 3.63) is 78.2 Å². The van der Waals surface area contributed by atoms with Gasteiger partial charge in [0, 0.05) is 42.8 Å². The minimum atomic E-state index is -0.316. The van der Waals surface area contributed by atoms with Crippen molar-refractivity contribution in [1.29, 1.82) is 0 Å². The van der Waals surface area contributed by atoms with Crippen molar-refractivity contribution in [2.24, 2.45) is 0 Å². The summed E-state index contributed by atoms with van der Waals surface area (Å²) in [4.78, 5) is 28.5. The summed E-state index contributed by atoms with van der Waals surface area (Å²) in [5.41, 5.74) is 5.55. The molecule has 3 aromatic heterocycles. The number of likely N-dealkylation sites (tertiary alicyclic amines) is 1. The number of carbonyl (C=O) groups is 1. The van der Waals surface area contributed by atoms with Crippen LogP contribution in [0.2, 0.25) is 0 Å². The fourth-order valence-electron chi connectivity index (χ4n) is 4.75. The Kier molecular flexibility index (Phi) is 7.44. The molecule has 4 heterocycles. The van der Waals surface area contributed by atoms with E-state index < -0.39 is 0 Å². The third-order valence-corrected chi connectivity index (χ3v) is 7.01. The zero-order valence-electron chi connectivity index (χ0n) is 22.4. The number of carbonyl (C=O) groups excluding carboxylic acids is 1. The van der Waals surface area contributed by atoms with Crippen LogP contribution in [0.5, 0.6) is 0 Å². The van der Waals surface area contributed by atoms with Crippen LogP contribution in [-0.4, -0.2) is 49.4 Å². The molecule has 1 aliphatic heterocycles. The van der Waals surface area contributed by atoms with Gasteiger partial charge in [0.2, 0.25) is 5.95 Å². The van der Waals surface area contributed by atoms with Crippen LogP contribution in [-0.2, 0) is 0 Å². The SMILES string of the molecule is C=C(C)/C(NC(=O)N1CCC(Nc2nccc(-c3c(-c4ccc(F)cc4)nc4occn34)n2)CC1)=C(/C)CC. The fraction of sp³-hybridized carbons (Fsp3) is 0.310. The lowest BCUT2D eigenvalue weighted by Crippen LogP contribution is -2.47. The number of nitrogens with zero attached hydrogens (tertiary/aromatic N) is 5. The van der Waals surface area contributed by atoms with Gasteiger partial charge in [-0.25, -0.2) is 19.2 Å². The summed E-state index contributed by atoms with van der Waals surface area (Å²) in [5.74, 6) is 0.593. The maximum absolute atomic E-state index is 13.5. The first-order chi connectivity index (χ1) is 18.8. The normalized spacial score (nSPS) is 14.8. The van der Waals surface area contributed by atoms with Gasteiger partial charge < -0.3 is 20.0 Å². The van der Waals surface area contributed by atoms with Gasteiger partial charge in [0.05, 0.1) is 5.69 Å². The number of nitrogens with one attached hydrogen (secondary N) is 2. The van der Waals surface area contributed by atoms with E-state index in [1.54, 1.807) is 30.8 Å². The maximum atomic E-state index is 13.5. The third-order valence-electron chi connectivity index (χ3n) is 7.01. The fourth-order valence-corrected chi connectivity index (χ4v) is 4.75. The Bertz CT molecular complexity index is 1530. The lowest BCUT2D eigenvalue weighted by Gasteiger charge is -2.33. The third kappa shape index (κ3) is 5.55. The highest BCUT2D eigenvalue weighted by Crippen LogP contribution is 2.32. The van der Waals surface area contributed by atoms with Crippen molar-refractivity contribution in [3.63, 3.8) is 0 Å². The number of piperidine rings is 1. The first-order valence-corrected chi connectivity index (χ1v) is 13.1. The lowest BCUT2D eigenvalue weighted by atomic mass is 10.1. The van der Waals surface area contributed by atoms with E-state index >= 15 is 0 Å². The molecule has 0 unspecified atom stereocenters. The van der Waals surface area contributed by atoms with Crippen LogP contribution in [0.15, 0.2) is 76.8 Å². The smallest absolute Gasteiger partial charge is 0.321 e. The number of allylic oxidation sites excluding steroid dienone is 2. The number of hydrogen-bond acceptors (Lipinski definition) is 6. The average molecular weight is 530 g/mol. The second-order valence-electron chi connectivity index (χ2n) is 9.76. The molecule has 9 nitrogen and oxygen atoms in total. The molecule has 1 fully saturated rings. The number of rotatable bonds is 7. The molecule has 0 atom stereocenters. The molecular weight excluding hydrogens is 497 g/mol. The standard InChI is InChI=1S/C29H32FN7O2/c1-5-19(4)24(18(2)3)34-28(38)36-14-11-22(12-15-36)32-27-31-13-10-23(33-27)26-25(20-6-8-21(30)9-7-20)35-29-37(26)16-17-39-29/h6-10,13,16-17,22H,2,5,11-12,14-15H2,1,3-4H3,(H,34,38)(H,31,32,33)/b24-19+. The average Bonchev–Trinajstić information content (AvgIpc) is 3.54. The molecule has 39 heavy (non-hydrogen) atoms. The van der Waals surface area contributed by atoms with E-state index in [0.29, 0.717) is 36.3 Å². The molecule has 1 aromatic carbocycles. The highest BCUT2D eigenvalue weighted by molar-refractivity contribution is 5.80. The minimum Gasteiger partial charge on any atom is -0.432 e. The van der Waals surface area contributed by atoms with Gasteiger partial charge in [-0.3, -0.25) is 4.40 Å². The van der Waals surface area contributed by atoms with Gasteiger partial charge in [-0.1, -0.05) is 13.5 Å². The van der Waals surface area contributed by atoms with Gasteiger partial charge in [0.1, 0.15) is 23.5 Å².